The van der Waals surface area contributed by atoms with Crippen LogP contribution in [-0.2, 0) is 11.3 Å². The van der Waals surface area contributed by atoms with Crippen LogP contribution < -0.4 is 5.73 Å². The van der Waals surface area contributed by atoms with Crippen LogP contribution in [0.3, 0.4) is 0 Å². The molecular formula is C20H33Cl2N3O. The molecule has 0 aromatic heterocycles. The van der Waals surface area contributed by atoms with Crippen molar-refractivity contribution in [2.24, 2.45) is 11.7 Å². The largest absolute Gasteiger partial charge is 0.342 e. The van der Waals surface area contributed by atoms with E-state index in [1.54, 1.807) is 0 Å². The summed E-state index contributed by atoms with van der Waals surface area (Å²) in [6.45, 7) is 4.35. The van der Waals surface area contributed by atoms with Gasteiger partial charge < -0.3 is 10.6 Å². The molecule has 1 aliphatic heterocycles. The van der Waals surface area contributed by atoms with E-state index in [0.717, 1.165) is 45.2 Å². The Bertz CT molecular complexity index is 557. The fraction of sp³-hybridized carbons (Fsp3) is 0.650. The minimum atomic E-state index is 0. The van der Waals surface area contributed by atoms with Gasteiger partial charge in [0.25, 0.3) is 0 Å². The van der Waals surface area contributed by atoms with Crippen LogP contribution in [0.5, 0.6) is 0 Å². The molecule has 1 heterocycles. The van der Waals surface area contributed by atoms with E-state index in [-0.39, 0.29) is 36.8 Å². The van der Waals surface area contributed by atoms with Crippen LogP contribution in [0.4, 0.5) is 0 Å². The van der Waals surface area contributed by atoms with Crippen molar-refractivity contribution in [3.05, 3.63) is 35.9 Å². The highest BCUT2D eigenvalue weighted by molar-refractivity contribution is 5.85. The molecule has 1 aliphatic carbocycles. The van der Waals surface area contributed by atoms with Crippen LogP contribution in [0.15, 0.2) is 30.3 Å². The first-order valence-electron chi connectivity index (χ1n) is 9.35. The van der Waals surface area contributed by atoms with E-state index in [4.69, 9.17) is 5.73 Å². The molecule has 0 spiro atoms. The third kappa shape index (κ3) is 5.59. The maximum atomic E-state index is 12.7. The lowest BCUT2D eigenvalue weighted by atomic mass is 9.95. The van der Waals surface area contributed by atoms with Crippen molar-refractivity contribution in [2.45, 2.75) is 63.7 Å². The molecule has 1 amide bonds. The summed E-state index contributed by atoms with van der Waals surface area (Å²) >= 11 is 0. The van der Waals surface area contributed by atoms with E-state index in [1.807, 2.05) is 11.9 Å². The quantitative estimate of drug-likeness (QED) is 0.839. The number of nitrogens with zero attached hydrogens (tertiary/aromatic N) is 2. The molecule has 6 heteroatoms. The number of rotatable bonds is 4. The number of carbonyl (C=O) groups excluding carboxylic acids is 1. The fourth-order valence-corrected chi connectivity index (χ4v) is 4.31. The molecular weight excluding hydrogens is 369 g/mol. The SMILES string of the molecule is CC1CC(N(C)C(=O)C2CCC(N)C2)CCN1Cc1ccccc1.Cl.Cl. The van der Waals surface area contributed by atoms with Gasteiger partial charge in [0, 0.05) is 44.2 Å². The topological polar surface area (TPSA) is 49.6 Å². The second kappa shape index (κ2) is 10.5. The van der Waals surface area contributed by atoms with Gasteiger partial charge in [-0.1, -0.05) is 30.3 Å². The number of benzene rings is 1. The van der Waals surface area contributed by atoms with Gasteiger partial charge >= 0.3 is 0 Å². The molecule has 2 aliphatic rings. The first-order valence-corrected chi connectivity index (χ1v) is 9.35. The van der Waals surface area contributed by atoms with E-state index in [9.17, 15) is 4.79 Å². The molecule has 2 N–H and O–H groups in total. The van der Waals surface area contributed by atoms with E-state index < -0.39 is 0 Å². The molecule has 1 saturated carbocycles. The molecule has 148 valence electrons. The molecule has 0 radical (unpaired) electrons. The van der Waals surface area contributed by atoms with E-state index in [0.29, 0.717) is 18.0 Å². The lowest BCUT2D eigenvalue weighted by Gasteiger charge is -2.41. The summed E-state index contributed by atoms with van der Waals surface area (Å²) in [6.07, 6.45) is 4.96. The van der Waals surface area contributed by atoms with Gasteiger partial charge in [0.05, 0.1) is 0 Å². The highest BCUT2D eigenvalue weighted by atomic mass is 35.5. The first-order chi connectivity index (χ1) is 11.5. The van der Waals surface area contributed by atoms with Crippen LogP contribution in [0.2, 0.25) is 0 Å². The summed E-state index contributed by atoms with van der Waals surface area (Å²) in [5.74, 6) is 0.472. The molecule has 1 aromatic carbocycles. The van der Waals surface area contributed by atoms with Crippen molar-refractivity contribution >= 4 is 30.7 Å². The zero-order valence-electron chi connectivity index (χ0n) is 15.8. The van der Waals surface area contributed by atoms with Crippen molar-refractivity contribution in [1.82, 2.24) is 9.80 Å². The Morgan fingerprint density at radius 2 is 1.85 bits per heavy atom. The predicted molar refractivity (Wildman–Crippen MR) is 112 cm³/mol. The first kappa shape index (κ1) is 23.2. The standard InChI is InChI=1S/C20H31N3O.2ClH/c1-15-12-19(22(2)20(24)17-8-9-18(21)13-17)10-11-23(15)14-16-6-4-3-5-7-16;;/h3-7,15,17-19H,8-14,21H2,1-2H3;2*1H. The monoisotopic (exact) mass is 401 g/mol. The summed E-state index contributed by atoms with van der Waals surface area (Å²) < 4.78 is 0. The normalized spacial score (nSPS) is 28.7. The third-order valence-electron chi connectivity index (χ3n) is 5.93. The van der Waals surface area contributed by atoms with Crippen LogP contribution >= 0.6 is 24.8 Å². The average molecular weight is 402 g/mol. The van der Waals surface area contributed by atoms with Gasteiger partial charge in [-0.15, -0.1) is 24.8 Å². The summed E-state index contributed by atoms with van der Waals surface area (Å²) in [6, 6.07) is 11.8. The highest BCUT2D eigenvalue weighted by Crippen LogP contribution is 2.29. The van der Waals surface area contributed by atoms with Crippen LogP contribution in [0.25, 0.3) is 0 Å². The van der Waals surface area contributed by atoms with Crippen molar-refractivity contribution < 1.29 is 4.79 Å². The van der Waals surface area contributed by atoms with Crippen molar-refractivity contribution in [3.8, 4) is 0 Å². The lowest BCUT2D eigenvalue weighted by molar-refractivity contribution is -0.137. The number of carbonyl (C=O) groups is 1. The molecule has 4 atom stereocenters. The zero-order chi connectivity index (χ0) is 17.1. The number of amides is 1. The summed E-state index contributed by atoms with van der Waals surface area (Å²) in [4.78, 5) is 17.3. The Morgan fingerprint density at radius 1 is 1.15 bits per heavy atom. The second-order valence-electron chi connectivity index (χ2n) is 7.70. The Labute approximate surface area is 170 Å². The fourth-order valence-electron chi connectivity index (χ4n) is 4.31. The minimum Gasteiger partial charge on any atom is -0.342 e. The van der Waals surface area contributed by atoms with Crippen LogP contribution in [0, 0.1) is 5.92 Å². The molecule has 0 bridgehead atoms. The van der Waals surface area contributed by atoms with E-state index in [1.165, 1.54) is 5.56 Å². The Balaban J connectivity index is 0.00000169. The van der Waals surface area contributed by atoms with Crippen molar-refractivity contribution in [2.75, 3.05) is 13.6 Å². The minimum absolute atomic E-state index is 0. The predicted octanol–water partition coefficient (Wildman–Crippen LogP) is 3.47. The molecule has 1 saturated heterocycles. The lowest BCUT2D eigenvalue weighted by Crippen LogP contribution is -2.50. The Hall–Kier alpha value is -0.810. The molecule has 4 nitrogen and oxygen atoms in total. The Kier molecular flexibility index (Phi) is 9.39. The molecule has 3 rings (SSSR count). The van der Waals surface area contributed by atoms with E-state index in [2.05, 4.69) is 42.2 Å². The van der Waals surface area contributed by atoms with Crippen molar-refractivity contribution in [1.29, 1.82) is 0 Å². The smallest absolute Gasteiger partial charge is 0.225 e. The zero-order valence-corrected chi connectivity index (χ0v) is 17.5. The number of nitrogens with two attached hydrogens (primary N) is 1. The summed E-state index contributed by atoms with van der Waals surface area (Å²) in [7, 11) is 2.00. The van der Waals surface area contributed by atoms with Gasteiger partial charge in [0.2, 0.25) is 5.91 Å². The van der Waals surface area contributed by atoms with Gasteiger partial charge in [-0.25, -0.2) is 0 Å². The van der Waals surface area contributed by atoms with Crippen LogP contribution in [0.1, 0.15) is 44.6 Å². The maximum absolute atomic E-state index is 12.7. The third-order valence-corrected chi connectivity index (χ3v) is 5.93. The van der Waals surface area contributed by atoms with Gasteiger partial charge in [-0.2, -0.15) is 0 Å². The number of likely N-dealkylation sites (tertiary alicyclic amines) is 1. The van der Waals surface area contributed by atoms with Gasteiger partial charge in [-0.3, -0.25) is 9.69 Å². The van der Waals surface area contributed by atoms with Gasteiger partial charge in [0.1, 0.15) is 0 Å². The average Bonchev–Trinajstić information content (AvgIpc) is 3.03. The molecule has 26 heavy (non-hydrogen) atoms. The summed E-state index contributed by atoms with van der Waals surface area (Å²) in [5.41, 5.74) is 7.35. The Morgan fingerprint density at radius 3 is 2.42 bits per heavy atom. The number of piperidine rings is 1. The summed E-state index contributed by atoms with van der Waals surface area (Å²) in [5, 5.41) is 0. The molecule has 2 fully saturated rings. The van der Waals surface area contributed by atoms with Gasteiger partial charge in [-0.05, 0) is 44.6 Å². The second-order valence-corrected chi connectivity index (χ2v) is 7.70. The highest BCUT2D eigenvalue weighted by Gasteiger charge is 2.35. The number of halogens is 2. The maximum Gasteiger partial charge on any atom is 0.225 e. The van der Waals surface area contributed by atoms with Gasteiger partial charge in [0.15, 0.2) is 0 Å². The molecule has 1 aromatic rings. The molecule has 4 unspecified atom stereocenters. The van der Waals surface area contributed by atoms with E-state index >= 15 is 0 Å². The number of hydrogen-bond donors (Lipinski definition) is 1. The number of hydrogen-bond acceptors (Lipinski definition) is 3. The van der Waals surface area contributed by atoms with Crippen molar-refractivity contribution in [3.63, 3.8) is 0 Å². The van der Waals surface area contributed by atoms with Crippen LogP contribution in [-0.4, -0.2) is 47.4 Å².